The molecule has 1 aliphatic rings. The molecule has 114 valence electrons. The Kier molecular flexibility index (Phi) is 4.04. The molecule has 2 heterocycles. The lowest BCUT2D eigenvalue weighted by Crippen LogP contribution is -2.34. The van der Waals surface area contributed by atoms with Crippen molar-refractivity contribution < 1.29 is 14.3 Å². The molecule has 1 unspecified atom stereocenters. The fourth-order valence-corrected chi connectivity index (χ4v) is 2.14. The summed E-state index contributed by atoms with van der Waals surface area (Å²) in [6.45, 7) is 0.850. The molecule has 7 nitrogen and oxygen atoms in total. The molecule has 0 radical (unpaired) electrons. The number of rotatable bonds is 4. The Balaban J connectivity index is 1.50. The summed E-state index contributed by atoms with van der Waals surface area (Å²) in [6.07, 6.45) is 2.90. The maximum atomic E-state index is 11.8. The van der Waals surface area contributed by atoms with E-state index < -0.39 is 5.56 Å². The summed E-state index contributed by atoms with van der Waals surface area (Å²) in [4.78, 5) is 29.0. The van der Waals surface area contributed by atoms with Crippen molar-refractivity contribution in [3.63, 3.8) is 0 Å². The lowest BCUT2D eigenvalue weighted by molar-refractivity contribution is 0.0811. The van der Waals surface area contributed by atoms with Crippen LogP contribution in [-0.2, 0) is 0 Å². The number of benzene rings is 1. The molecule has 1 aromatic heterocycles. The van der Waals surface area contributed by atoms with Crippen molar-refractivity contribution >= 4 is 5.91 Å². The number of hydrogen-bond acceptors (Lipinski definition) is 5. The molecule has 22 heavy (non-hydrogen) atoms. The number of H-pyrrole nitrogens is 1. The van der Waals surface area contributed by atoms with E-state index in [-0.39, 0.29) is 17.7 Å². The molecule has 0 saturated heterocycles. The molecule has 7 heteroatoms. The van der Waals surface area contributed by atoms with Crippen LogP contribution in [0.15, 0.2) is 41.5 Å². The number of ether oxygens (including phenoxy) is 2. The standard InChI is InChI=1S/C15H15N3O4/c19-14-8-16-7-11(18-14)15(20)17-6-5-10-9-21-12-3-1-2-4-13(12)22-10/h1-4,7-8,10H,5-6,9H2,(H,17,20)(H,18,19). The van der Waals surface area contributed by atoms with Crippen molar-refractivity contribution in [2.75, 3.05) is 13.2 Å². The van der Waals surface area contributed by atoms with Crippen molar-refractivity contribution in [3.8, 4) is 11.5 Å². The predicted molar refractivity (Wildman–Crippen MR) is 78.2 cm³/mol. The zero-order valence-corrected chi connectivity index (χ0v) is 11.7. The first-order valence-electron chi connectivity index (χ1n) is 6.93. The Morgan fingerprint density at radius 1 is 1.32 bits per heavy atom. The van der Waals surface area contributed by atoms with Gasteiger partial charge in [0.15, 0.2) is 11.5 Å². The minimum atomic E-state index is -0.409. The van der Waals surface area contributed by atoms with Gasteiger partial charge in [-0.2, -0.15) is 0 Å². The maximum absolute atomic E-state index is 11.8. The Hall–Kier alpha value is -2.83. The molecule has 1 amide bonds. The summed E-state index contributed by atoms with van der Waals surface area (Å²) in [5.41, 5.74) is -0.271. The van der Waals surface area contributed by atoms with Crippen molar-refractivity contribution in [2.45, 2.75) is 12.5 Å². The number of nitrogens with zero attached hydrogens (tertiary/aromatic N) is 1. The van der Waals surface area contributed by atoms with Crippen LogP contribution in [-0.4, -0.2) is 35.1 Å². The van der Waals surface area contributed by atoms with Gasteiger partial charge in [0.2, 0.25) is 0 Å². The van der Waals surface area contributed by atoms with E-state index in [1.807, 2.05) is 24.3 Å². The summed E-state index contributed by atoms with van der Waals surface area (Å²) in [5, 5.41) is 2.71. The van der Waals surface area contributed by atoms with E-state index in [4.69, 9.17) is 9.47 Å². The fraction of sp³-hybridized carbons (Fsp3) is 0.267. The van der Waals surface area contributed by atoms with Crippen LogP contribution in [0.3, 0.4) is 0 Å². The number of para-hydroxylation sites is 2. The minimum absolute atomic E-state index is 0.122. The number of nitrogens with one attached hydrogen (secondary N) is 2. The molecule has 0 fully saturated rings. The molecule has 0 saturated carbocycles. The number of aromatic nitrogens is 2. The summed E-state index contributed by atoms with van der Waals surface area (Å²) in [5.74, 6) is 1.07. The smallest absolute Gasteiger partial charge is 0.269 e. The highest BCUT2D eigenvalue weighted by molar-refractivity contribution is 5.91. The van der Waals surface area contributed by atoms with Crippen molar-refractivity contribution in [1.82, 2.24) is 15.3 Å². The van der Waals surface area contributed by atoms with Gasteiger partial charge in [0, 0.05) is 13.0 Å². The number of carbonyl (C=O) groups excluding carboxylic acids is 1. The third kappa shape index (κ3) is 3.25. The summed E-state index contributed by atoms with van der Waals surface area (Å²) >= 11 is 0. The van der Waals surface area contributed by atoms with E-state index in [0.29, 0.717) is 25.3 Å². The molecule has 3 rings (SSSR count). The molecular weight excluding hydrogens is 286 g/mol. The zero-order chi connectivity index (χ0) is 15.4. The number of fused-ring (bicyclic) bond motifs is 1. The third-order valence-electron chi connectivity index (χ3n) is 3.22. The lowest BCUT2D eigenvalue weighted by Gasteiger charge is -2.26. The maximum Gasteiger partial charge on any atom is 0.269 e. The molecule has 2 aromatic rings. The summed E-state index contributed by atoms with van der Waals surface area (Å²) in [7, 11) is 0. The van der Waals surface area contributed by atoms with Crippen LogP contribution >= 0.6 is 0 Å². The minimum Gasteiger partial charge on any atom is -0.486 e. The topological polar surface area (TPSA) is 93.3 Å². The van der Waals surface area contributed by atoms with E-state index in [2.05, 4.69) is 15.3 Å². The van der Waals surface area contributed by atoms with Gasteiger partial charge in [-0.15, -0.1) is 0 Å². The Labute approximate surface area is 126 Å². The van der Waals surface area contributed by atoms with Crippen LogP contribution in [0.1, 0.15) is 16.9 Å². The summed E-state index contributed by atoms with van der Waals surface area (Å²) in [6, 6.07) is 7.47. The van der Waals surface area contributed by atoms with Gasteiger partial charge in [0.25, 0.3) is 11.5 Å². The Morgan fingerprint density at radius 2 is 2.14 bits per heavy atom. The number of amides is 1. The number of carbonyl (C=O) groups is 1. The van der Waals surface area contributed by atoms with E-state index in [1.54, 1.807) is 0 Å². The third-order valence-corrected chi connectivity index (χ3v) is 3.22. The predicted octanol–water partition coefficient (Wildman–Crippen LogP) is 0.730. The zero-order valence-electron chi connectivity index (χ0n) is 11.7. The van der Waals surface area contributed by atoms with Crippen LogP contribution in [0, 0.1) is 0 Å². The van der Waals surface area contributed by atoms with E-state index in [1.165, 1.54) is 6.20 Å². The largest absolute Gasteiger partial charge is 0.486 e. The highest BCUT2D eigenvalue weighted by Crippen LogP contribution is 2.31. The van der Waals surface area contributed by atoms with Crippen LogP contribution in [0.4, 0.5) is 0 Å². The molecule has 1 atom stereocenters. The van der Waals surface area contributed by atoms with Crippen LogP contribution in [0.5, 0.6) is 11.5 Å². The lowest BCUT2D eigenvalue weighted by atomic mass is 10.2. The highest BCUT2D eigenvalue weighted by Gasteiger charge is 2.20. The second-order valence-corrected chi connectivity index (χ2v) is 4.85. The Bertz CT molecular complexity index is 728. The average Bonchev–Trinajstić information content (AvgIpc) is 2.54. The first-order valence-corrected chi connectivity index (χ1v) is 6.93. The van der Waals surface area contributed by atoms with Gasteiger partial charge in [-0.25, -0.2) is 0 Å². The second-order valence-electron chi connectivity index (χ2n) is 4.85. The first kappa shape index (κ1) is 14.1. The first-order chi connectivity index (χ1) is 10.7. The molecule has 0 spiro atoms. The van der Waals surface area contributed by atoms with Gasteiger partial charge < -0.3 is 19.8 Å². The van der Waals surface area contributed by atoms with Gasteiger partial charge in [-0.3, -0.25) is 14.6 Å². The van der Waals surface area contributed by atoms with Gasteiger partial charge in [0.05, 0.1) is 12.4 Å². The van der Waals surface area contributed by atoms with Crippen molar-refractivity contribution in [2.24, 2.45) is 0 Å². The second kappa shape index (κ2) is 6.30. The quantitative estimate of drug-likeness (QED) is 0.868. The van der Waals surface area contributed by atoms with Gasteiger partial charge in [-0.05, 0) is 12.1 Å². The number of aromatic amines is 1. The van der Waals surface area contributed by atoms with Crippen LogP contribution < -0.4 is 20.3 Å². The molecule has 0 bridgehead atoms. The highest BCUT2D eigenvalue weighted by atomic mass is 16.6. The van der Waals surface area contributed by atoms with Gasteiger partial charge in [-0.1, -0.05) is 12.1 Å². The molecule has 2 N–H and O–H groups in total. The SMILES string of the molecule is O=C(NCCC1COc2ccccc2O1)c1cncc(=O)[nH]1. The average molecular weight is 301 g/mol. The normalized spacial score (nSPS) is 16.1. The van der Waals surface area contributed by atoms with Gasteiger partial charge >= 0.3 is 0 Å². The van der Waals surface area contributed by atoms with E-state index in [9.17, 15) is 9.59 Å². The van der Waals surface area contributed by atoms with Crippen molar-refractivity contribution in [1.29, 1.82) is 0 Å². The van der Waals surface area contributed by atoms with E-state index in [0.717, 1.165) is 11.9 Å². The molecular formula is C15H15N3O4. The molecule has 0 aliphatic carbocycles. The number of hydrogen-bond donors (Lipinski definition) is 2. The fourth-order valence-electron chi connectivity index (χ4n) is 2.14. The summed E-state index contributed by atoms with van der Waals surface area (Å²) < 4.78 is 11.4. The van der Waals surface area contributed by atoms with Crippen LogP contribution in [0.25, 0.3) is 0 Å². The van der Waals surface area contributed by atoms with Crippen molar-refractivity contribution in [3.05, 3.63) is 52.7 Å². The monoisotopic (exact) mass is 301 g/mol. The van der Waals surface area contributed by atoms with Gasteiger partial charge in [0.1, 0.15) is 18.4 Å². The van der Waals surface area contributed by atoms with Crippen LogP contribution in [0.2, 0.25) is 0 Å². The Morgan fingerprint density at radius 3 is 2.95 bits per heavy atom. The molecule has 1 aromatic carbocycles. The van der Waals surface area contributed by atoms with E-state index >= 15 is 0 Å². The molecule has 1 aliphatic heterocycles.